The molecule has 1 fully saturated rings. The molecule has 1 aliphatic rings. The number of amides is 5. The maximum absolute atomic E-state index is 12.8. The normalized spacial score (nSPS) is 15.4. The van der Waals surface area contributed by atoms with Gasteiger partial charge in [-0.2, -0.15) is 0 Å². The van der Waals surface area contributed by atoms with E-state index >= 15 is 0 Å². The smallest absolute Gasteiger partial charge is 0.334 e. The van der Waals surface area contributed by atoms with E-state index in [4.69, 9.17) is 0 Å². The molecule has 1 aromatic rings. The summed E-state index contributed by atoms with van der Waals surface area (Å²) in [7, 11) is 0. The van der Waals surface area contributed by atoms with Gasteiger partial charge < -0.3 is 4.90 Å². The van der Waals surface area contributed by atoms with E-state index in [0.29, 0.717) is 11.4 Å². The summed E-state index contributed by atoms with van der Waals surface area (Å²) in [6.45, 7) is 7.18. The summed E-state index contributed by atoms with van der Waals surface area (Å²) in [5.41, 5.74) is 0.949. The molecule has 0 bridgehead atoms. The number of carbonyl (C=O) groups excluding carboxylic acids is 4. The number of carbonyl (C=O) groups is 4. The van der Waals surface area contributed by atoms with Crippen LogP contribution in [-0.2, 0) is 20.9 Å². The molecule has 2 rings (SSSR count). The molecule has 1 saturated heterocycles. The van der Waals surface area contributed by atoms with Crippen molar-refractivity contribution < 1.29 is 19.2 Å². The third-order valence-corrected chi connectivity index (χ3v) is 4.38. The van der Waals surface area contributed by atoms with Gasteiger partial charge in [0.15, 0.2) is 0 Å². The van der Waals surface area contributed by atoms with Crippen molar-refractivity contribution >= 4 is 23.8 Å². The van der Waals surface area contributed by atoms with Crippen LogP contribution in [0, 0.1) is 0 Å². The molecular formula is C19H23N3O4. The van der Waals surface area contributed by atoms with Crippen LogP contribution in [0.3, 0.4) is 0 Å². The molecule has 0 aromatic heterocycles. The van der Waals surface area contributed by atoms with E-state index in [-0.39, 0.29) is 18.5 Å². The fourth-order valence-electron chi connectivity index (χ4n) is 2.70. The Balaban J connectivity index is 2.16. The highest BCUT2D eigenvalue weighted by Crippen LogP contribution is 2.15. The zero-order chi connectivity index (χ0) is 19.3. The molecule has 1 atom stereocenters. The topological polar surface area (TPSA) is 78.0 Å². The fourth-order valence-corrected chi connectivity index (χ4v) is 2.70. The molecule has 0 saturated carbocycles. The molecule has 138 valence electrons. The molecule has 7 nitrogen and oxygen atoms in total. The maximum Gasteiger partial charge on any atom is 0.335 e. The summed E-state index contributed by atoms with van der Waals surface area (Å²) in [6, 6.07) is 8.61. The van der Waals surface area contributed by atoms with Gasteiger partial charge in [0, 0.05) is 19.1 Å². The van der Waals surface area contributed by atoms with Gasteiger partial charge in [0.05, 0.1) is 0 Å². The first-order valence-corrected chi connectivity index (χ1v) is 8.52. The van der Waals surface area contributed by atoms with Gasteiger partial charge in [0.1, 0.15) is 6.54 Å². The van der Waals surface area contributed by atoms with Crippen LogP contribution in [-0.4, -0.2) is 57.6 Å². The number of hydrogen-bond donors (Lipinski definition) is 0. The van der Waals surface area contributed by atoms with E-state index in [1.54, 1.807) is 4.90 Å². The summed E-state index contributed by atoms with van der Waals surface area (Å²) >= 11 is 0. The monoisotopic (exact) mass is 357 g/mol. The lowest BCUT2D eigenvalue weighted by Crippen LogP contribution is -2.46. The van der Waals surface area contributed by atoms with Crippen LogP contribution in [0.15, 0.2) is 43.0 Å². The Morgan fingerprint density at radius 1 is 1.15 bits per heavy atom. The van der Waals surface area contributed by atoms with Crippen molar-refractivity contribution in [2.45, 2.75) is 32.9 Å². The first kappa shape index (κ1) is 19.4. The van der Waals surface area contributed by atoms with Crippen molar-refractivity contribution in [3.05, 3.63) is 48.6 Å². The summed E-state index contributed by atoms with van der Waals surface area (Å²) in [6.07, 6.45) is 2.08. The number of hydrogen-bond acceptors (Lipinski definition) is 4. The first-order valence-electron chi connectivity index (χ1n) is 8.52. The second-order valence-corrected chi connectivity index (χ2v) is 6.14. The van der Waals surface area contributed by atoms with Crippen molar-refractivity contribution in [3.8, 4) is 0 Å². The molecule has 1 aliphatic heterocycles. The molecule has 5 amide bonds. The zero-order valence-electron chi connectivity index (χ0n) is 15.1. The van der Waals surface area contributed by atoms with Gasteiger partial charge in [-0.3, -0.25) is 19.3 Å². The molecule has 0 radical (unpaired) electrons. The van der Waals surface area contributed by atoms with E-state index < -0.39 is 24.4 Å². The van der Waals surface area contributed by atoms with Crippen LogP contribution < -0.4 is 0 Å². The van der Waals surface area contributed by atoms with Gasteiger partial charge in [-0.15, -0.1) is 6.58 Å². The van der Waals surface area contributed by atoms with Crippen LogP contribution in [0.25, 0.3) is 0 Å². The Bertz CT molecular complexity index is 717. The van der Waals surface area contributed by atoms with E-state index in [0.717, 1.165) is 16.9 Å². The first-order chi connectivity index (χ1) is 12.4. The second kappa shape index (κ2) is 8.42. The Hall–Kier alpha value is -2.96. The molecule has 1 aromatic carbocycles. The Morgan fingerprint density at radius 2 is 1.77 bits per heavy atom. The Labute approximate surface area is 152 Å². The SMILES string of the molecule is C=CCN1C(=O)C(=O)N(CC(=O)N(Cc2ccccc2)[C@@H](C)CC)C1=O. The van der Waals surface area contributed by atoms with Gasteiger partial charge in [-0.1, -0.05) is 43.3 Å². The van der Waals surface area contributed by atoms with Crippen molar-refractivity contribution in [2.24, 2.45) is 0 Å². The number of imide groups is 2. The predicted octanol–water partition coefficient (Wildman–Crippen LogP) is 1.79. The molecular weight excluding hydrogens is 334 g/mol. The third-order valence-electron chi connectivity index (χ3n) is 4.38. The minimum atomic E-state index is -0.978. The number of benzene rings is 1. The number of nitrogens with zero attached hydrogens (tertiary/aromatic N) is 3. The molecule has 0 aliphatic carbocycles. The molecule has 26 heavy (non-hydrogen) atoms. The molecule has 0 N–H and O–H groups in total. The van der Waals surface area contributed by atoms with Crippen LogP contribution >= 0.6 is 0 Å². The van der Waals surface area contributed by atoms with Gasteiger partial charge in [0.25, 0.3) is 0 Å². The van der Waals surface area contributed by atoms with Crippen LogP contribution in [0.1, 0.15) is 25.8 Å². The highest BCUT2D eigenvalue weighted by molar-refractivity contribution is 6.45. The minimum absolute atomic E-state index is 0.0623. The van der Waals surface area contributed by atoms with Gasteiger partial charge in [0.2, 0.25) is 5.91 Å². The molecule has 1 heterocycles. The number of rotatable bonds is 8. The molecule has 0 spiro atoms. The average molecular weight is 357 g/mol. The van der Waals surface area contributed by atoms with Gasteiger partial charge >= 0.3 is 17.8 Å². The summed E-state index contributed by atoms with van der Waals surface area (Å²) in [5.74, 6) is -2.28. The summed E-state index contributed by atoms with van der Waals surface area (Å²) < 4.78 is 0. The highest BCUT2D eigenvalue weighted by atomic mass is 16.2. The van der Waals surface area contributed by atoms with Gasteiger partial charge in [-0.25, -0.2) is 9.69 Å². The van der Waals surface area contributed by atoms with Gasteiger partial charge in [-0.05, 0) is 18.9 Å². The standard InChI is InChI=1S/C19H23N3O4/c1-4-11-20-17(24)18(25)22(19(20)26)13-16(23)21(14(3)5-2)12-15-9-7-6-8-10-15/h4,6-10,14H,1,5,11-13H2,2-3H3/t14-/m0/s1. The highest BCUT2D eigenvalue weighted by Gasteiger charge is 2.45. The van der Waals surface area contributed by atoms with Crippen LogP contribution in [0.4, 0.5) is 4.79 Å². The van der Waals surface area contributed by atoms with E-state index in [1.807, 2.05) is 44.2 Å². The quantitative estimate of drug-likeness (QED) is 0.404. The van der Waals surface area contributed by atoms with E-state index in [9.17, 15) is 19.2 Å². The zero-order valence-corrected chi connectivity index (χ0v) is 15.1. The maximum atomic E-state index is 12.8. The summed E-state index contributed by atoms with van der Waals surface area (Å²) in [4.78, 5) is 52.1. The largest absolute Gasteiger partial charge is 0.335 e. The predicted molar refractivity (Wildman–Crippen MR) is 95.8 cm³/mol. The van der Waals surface area contributed by atoms with Crippen LogP contribution in [0.5, 0.6) is 0 Å². The molecule has 0 unspecified atom stereocenters. The third kappa shape index (κ3) is 3.99. The summed E-state index contributed by atoms with van der Waals surface area (Å²) in [5, 5.41) is 0. The lowest BCUT2D eigenvalue weighted by Gasteiger charge is -2.30. The van der Waals surface area contributed by atoms with E-state index in [2.05, 4.69) is 6.58 Å². The second-order valence-electron chi connectivity index (χ2n) is 6.14. The lowest BCUT2D eigenvalue weighted by molar-refractivity contribution is -0.145. The number of urea groups is 1. The van der Waals surface area contributed by atoms with Crippen molar-refractivity contribution in [1.82, 2.24) is 14.7 Å². The van der Waals surface area contributed by atoms with E-state index in [1.165, 1.54) is 6.08 Å². The molecule has 7 heteroatoms. The van der Waals surface area contributed by atoms with Crippen molar-refractivity contribution in [2.75, 3.05) is 13.1 Å². The van der Waals surface area contributed by atoms with Crippen molar-refractivity contribution in [3.63, 3.8) is 0 Å². The fraction of sp³-hybridized carbons (Fsp3) is 0.368. The van der Waals surface area contributed by atoms with Crippen LogP contribution in [0.2, 0.25) is 0 Å². The Kier molecular flexibility index (Phi) is 6.27. The average Bonchev–Trinajstić information content (AvgIpc) is 2.84. The minimum Gasteiger partial charge on any atom is -0.334 e. The Morgan fingerprint density at radius 3 is 2.35 bits per heavy atom. The van der Waals surface area contributed by atoms with Crippen molar-refractivity contribution in [1.29, 1.82) is 0 Å². The lowest BCUT2D eigenvalue weighted by atomic mass is 10.1.